The molecule has 2 nitrogen and oxygen atoms in total. The Bertz CT molecular complexity index is 207. The molecule has 1 aliphatic heterocycles. The second kappa shape index (κ2) is 4.06. The maximum absolute atomic E-state index is 5.89. The van der Waals surface area contributed by atoms with Crippen LogP contribution in [0.15, 0.2) is 0 Å². The van der Waals surface area contributed by atoms with Gasteiger partial charge in [-0.3, -0.25) is 4.90 Å². The van der Waals surface area contributed by atoms with E-state index >= 15 is 0 Å². The molecule has 2 fully saturated rings. The van der Waals surface area contributed by atoms with Gasteiger partial charge in [0.1, 0.15) is 0 Å². The van der Waals surface area contributed by atoms with Gasteiger partial charge in [-0.15, -0.1) is 0 Å². The van der Waals surface area contributed by atoms with Crippen LogP contribution in [0.4, 0.5) is 0 Å². The predicted molar refractivity (Wildman–Crippen MR) is 64.8 cm³/mol. The molecule has 0 amide bonds. The highest BCUT2D eigenvalue weighted by atomic mass is 15.2. The van der Waals surface area contributed by atoms with Gasteiger partial charge in [-0.05, 0) is 44.2 Å². The average molecular weight is 210 g/mol. The van der Waals surface area contributed by atoms with Crippen molar-refractivity contribution in [3.8, 4) is 0 Å². The zero-order chi connectivity index (χ0) is 10.9. The SMILES string of the molecule is CCC1(CC)CCN(C2(CN)CC2)CC1. The topological polar surface area (TPSA) is 29.3 Å². The highest BCUT2D eigenvalue weighted by Gasteiger charge is 2.48. The van der Waals surface area contributed by atoms with E-state index in [0.717, 1.165) is 6.54 Å². The van der Waals surface area contributed by atoms with Crippen LogP contribution in [0, 0.1) is 5.41 Å². The first-order chi connectivity index (χ1) is 7.20. The molecular weight excluding hydrogens is 184 g/mol. The number of piperidine rings is 1. The molecule has 2 aliphatic rings. The fraction of sp³-hybridized carbons (Fsp3) is 1.00. The van der Waals surface area contributed by atoms with E-state index in [9.17, 15) is 0 Å². The van der Waals surface area contributed by atoms with Crippen LogP contribution >= 0.6 is 0 Å². The minimum absolute atomic E-state index is 0.438. The van der Waals surface area contributed by atoms with Crippen molar-refractivity contribution in [1.82, 2.24) is 4.90 Å². The van der Waals surface area contributed by atoms with Crippen molar-refractivity contribution < 1.29 is 0 Å². The molecule has 15 heavy (non-hydrogen) atoms. The summed E-state index contributed by atoms with van der Waals surface area (Å²) in [7, 11) is 0. The van der Waals surface area contributed by atoms with Gasteiger partial charge in [0.15, 0.2) is 0 Å². The van der Waals surface area contributed by atoms with Crippen molar-refractivity contribution in [3.63, 3.8) is 0 Å². The molecule has 0 spiro atoms. The maximum atomic E-state index is 5.89. The smallest absolute Gasteiger partial charge is 0.0333 e. The summed E-state index contributed by atoms with van der Waals surface area (Å²) in [5, 5.41) is 0. The van der Waals surface area contributed by atoms with Crippen molar-refractivity contribution in [2.75, 3.05) is 19.6 Å². The van der Waals surface area contributed by atoms with Crippen LogP contribution in [-0.4, -0.2) is 30.1 Å². The van der Waals surface area contributed by atoms with Crippen LogP contribution in [0.1, 0.15) is 52.4 Å². The van der Waals surface area contributed by atoms with E-state index in [0.29, 0.717) is 11.0 Å². The summed E-state index contributed by atoms with van der Waals surface area (Å²) in [6.45, 7) is 8.17. The van der Waals surface area contributed by atoms with E-state index in [1.54, 1.807) is 0 Å². The van der Waals surface area contributed by atoms with E-state index in [4.69, 9.17) is 5.73 Å². The third-order valence-electron chi connectivity index (χ3n) is 5.20. The minimum Gasteiger partial charge on any atom is -0.329 e. The number of nitrogens with zero attached hydrogens (tertiary/aromatic N) is 1. The normalized spacial score (nSPS) is 29.0. The number of likely N-dealkylation sites (tertiary alicyclic amines) is 1. The van der Waals surface area contributed by atoms with Gasteiger partial charge in [0, 0.05) is 12.1 Å². The summed E-state index contributed by atoms with van der Waals surface area (Å²) < 4.78 is 0. The molecule has 0 bridgehead atoms. The molecule has 0 atom stereocenters. The summed E-state index contributed by atoms with van der Waals surface area (Å²) in [5.41, 5.74) is 6.98. The lowest BCUT2D eigenvalue weighted by Crippen LogP contribution is -2.49. The summed E-state index contributed by atoms with van der Waals surface area (Å²) in [4.78, 5) is 2.68. The third kappa shape index (κ3) is 1.94. The van der Waals surface area contributed by atoms with Gasteiger partial charge in [0.25, 0.3) is 0 Å². The first kappa shape index (κ1) is 11.4. The third-order valence-corrected chi connectivity index (χ3v) is 5.20. The van der Waals surface area contributed by atoms with Crippen molar-refractivity contribution in [1.29, 1.82) is 0 Å². The number of nitrogens with two attached hydrogens (primary N) is 1. The van der Waals surface area contributed by atoms with Crippen molar-refractivity contribution >= 4 is 0 Å². The molecule has 0 aromatic carbocycles. The molecule has 0 unspecified atom stereocenters. The largest absolute Gasteiger partial charge is 0.329 e. The Balaban J connectivity index is 1.92. The fourth-order valence-electron chi connectivity index (χ4n) is 3.21. The lowest BCUT2D eigenvalue weighted by molar-refractivity contribution is 0.0593. The number of rotatable bonds is 4. The predicted octanol–water partition coefficient (Wildman–Crippen LogP) is 2.38. The minimum atomic E-state index is 0.438. The molecule has 0 radical (unpaired) electrons. The molecule has 2 N–H and O–H groups in total. The lowest BCUT2D eigenvalue weighted by atomic mass is 9.74. The van der Waals surface area contributed by atoms with E-state index in [1.165, 1.54) is 51.6 Å². The van der Waals surface area contributed by atoms with Crippen LogP contribution in [-0.2, 0) is 0 Å². The maximum Gasteiger partial charge on any atom is 0.0333 e. The molecule has 88 valence electrons. The highest BCUT2D eigenvalue weighted by molar-refractivity contribution is 5.06. The molecule has 1 saturated carbocycles. The van der Waals surface area contributed by atoms with E-state index in [-0.39, 0.29) is 0 Å². The first-order valence-corrected chi connectivity index (χ1v) is 6.65. The zero-order valence-electron chi connectivity index (χ0n) is 10.4. The Morgan fingerprint density at radius 3 is 1.87 bits per heavy atom. The van der Waals surface area contributed by atoms with Gasteiger partial charge in [-0.1, -0.05) is 26.7 Å². The molecule has 2 rings (SSSR count). The first-order valence-electron chi connectivity index (χ1n) is 6.65. The van der Waals surface area contributed by atoms with Gasteiger partial charge in [-0.25, -0.2) is 0 Å². The van der Waals surface area contributed by atoms with Gasteiger partial charge < -0.3 is 5.73 Å². The molecule has 1 saturated heterocycles. The quantitative estimate of drug-likeness (QED) is 0.772. The summed E-state index contributed by atoms with van der Waals surface area (Å²) >= 11 is 0. The molecule has 2 heteroatoms. The summed E-state index contributed by atoms with van der Waals surface area (Å²) in [5.74, 6) is 0. The Morgan fingerprint density at radius 2 is 1.53 bits per heavy atom. The average Bonchev–Trinajstić information content (AvgIpc) is 3.10. The van der Waals surface area contributed by atoms with E-state index in [2.05, 4.69) is 18.7 Å². The van der Waals surface area contributed by atoms with Gasteiger partial charge in [0.2, 0.25) is 0 Å². The fourth-order valence-corrected chi connectivity index (χ4v) is 3.21. The molecule has 1 heterocycles. The standard InChI is InChI=1S/C13H26N2/c1-3-12(4-2)7-9-15(10-8-12)13(11-14)5-6-13/h3-11,14H2,1-2H3. The van der Waals surface area contributed by atoms with Crippen molar-refractivity contribution in [3.05, 3.63) is 0 Å². The second-order valence-electron chi connectivity index (χ2n) is 5.62. The molecular formula is C13H26N2. The lowest BCUT2D eigenvalue weighted by Gasteiger charge is -2.44. The monoisotopic (exact) mass is 210 g/mol. The number of hydrogen-bond acceptors (Lipinski definition) is 2. The van der Waals surface area contributed by atoms with Crippen molar-refractivity contribution in [2.45, 2.75) is 57.9 Å². The van der Waals surface area contributed by atoms with E-state index < -0.39 is 0 Å². The van der Waals surface area contributed by atoms with Gasteiger partial charge >= 0.3 is 0 Å². The van der Waals surface area contributed by atoms with Gasteiger partial charge in [0.05, 0.1) is 0 Å². The number of hydrogen-bond donors (Lipinski definition) is 1. The van der Waals surface area contributed by atoms with Crippen molar-refractivity contribution in [2.24, 2.45) is 11.1 Å². The summed E-state index contributed by atoms with van der Waals surface area (Å²) in [6.07, 6.45) is 8.17. The Kier molecular flexibility index (Phi) is 3.09. The van der Waals surface area contributed by atoms with Crippen LogP contribution in [0.3, 0.4) is 0 Å². The van der Waals surface area contributed by atoms with Crippen LogP contribution in [0.2, 0.25) is 0 Å². The van der Waals surface area contributed by atoms with E-state index in [1.807, 2.05) is 0 Å². The highest BCUT2D eigenvalue weighted by Crippen LogP contribution is 2.46. The van der Waals surface area contributed by atoms with Crippen LogP contribution < -0.4 is 5.73 Å². The van der Waals surface area contributed by atoms with Gasteiger partial charge in [-0.2, -0.15) is 0 Å². The molecule has 0 aromatic rings. The Labute approximate surface area is 94.2 Å². The Morgan fingerprint density at radius 1 is 1.00 bits per heavy atom. The second-order valence-corrected chi connectivity index (χ2v) is 5.62. The van der Waals surface area contributed by atoms with Crippen LogP contribution in [0.5, 0.6) is 0 Å². The summed E-state index contributed by atoms with van der Waals surface area (Å²) in [6, 6.07) is 0. The molecule has 1 aliphatic carbocycles. The molecule has 0 aromatic heterocycles. The zero-order valence-corrected chi connectivity index (χ0v) is 10.4. The Hall–Kier alpha value is -0.0800. The van der Waals surface area contributed by atoms with Crippen LogP contribution in [0.25, 0.3) is 0 Å².